The predicted molar refractivity (Wildman–Crippen MR) is 121 cm³/mol. The maximum Gasteiger partial charge on any atom is 0.340 e. The van der Waals surface area contributed by atoms with Crippen LogP contribution in [0.25, 0.3) is 10.8 Å². The number of urea groups is 1. The minimum atomic E-state index is -0.361. The van der Waals surface area contributed by atoms with Gasteiger partial charge in [-0.05, 0) is 30.0 Å². The van der Waals surface area contributed by atoms with Crippen LogP contribution in [0, 0.1) is 0 Å². The molecule has 3 amide bonds. The molecule has 0 atom stereocenters. The molecule has 0 spiro atoms. The minimum Gasteiger partial charge on any atom is -0.493 e. The van der Waals surface area contributed by atoms with E-state index in [1.807, 2.05) is 42.5 Å². The van der Waals surface area contributed by atoms with Crippen molar-refractivity contribution in [2.24, 2.45) is 0 Å². The van der Waals surface area contributed by atoms with Crippen molar-refractivity contribution < 1.29 is 23.8 Å². The summed E-state index contributed by atoms with van der Waals surface area (Å²) in [5.41, 5.74) is 1.03. The van der Waals surface area contributed by atoms with Crippen LogP contribution in [-0.4, -0.2) is 56.4 Å². The molecule has 3 aromatic carbocycles. The van der Waals surface area contributed by atoms with Crippen LogP contribution < -0.4 is 19.5 Å². The Labute approximate surface area is 186 Å². The van der Waals surface area contributed by atoms with Gasteiger partial charge in [-0.3, -0.25) is 4.79 Å². The van der Waals surface area contributed by atoms with Gasteiger partial charge >= 0.3 is 6.03 Å². The third kappa shape index (κ3) is 3.87. The number of hydrogen-bond donors (Lipinski definition) is 1. The number of ether oxygens (including phenoxy) is 3. The first-order valence-electron chi connectivity index (χ1n) is 10.3. The van der Waals surface area contributed by atoms with Gasteiger partial charge in [0.2, 0.25) is 5.75 Å². The van der Waals surface area contributed by atoms with Gasteiger partial charge in [-0.25, -0.2) is 14.8 Å². The molecule has 1 aliphatic heterocycles. The monoisotopic (exact) mass is 435 g/mol. The second kappa shape index (κ2) is 9.05. The molecule has 0 radical (unpaired) electrons. The number of hydrogen-bond acceptors (Lipinski definition) is 5. The van der Waals surface area contributed by atoms with Gasteiger partial charge in [0.15, 0.2) is 11.5 Å². The van der Waals surface area contributed by atoms with Crippen LogP contribution in [0.3, 0.4) is 0 Å². The van der Waals surface area contributed by atoms with Gasteiger partial charge in [0, 0.05) is 24.0 Å². The molecule has 3 aromatic rings. The highest BCUT2D eigenvalue weighted by atomic mass is 16.5. The van der Waals surface area contributed by atoms with Crippen LogP contribution in [0.15, 0.2) is 54.6 Å². The van der Waals surface area contributed by atoms with E-state index in [1.54, 1.807) is 12.1 Å². The summed E-state index contributed by atoms with van der Waals surface area (Å²) in [6, 6.07) is 16.4. The van der Waals surface area contributed by atoms with Crippen LogP contribution in [0.1, 0.15) is 16.8 Å². The Morgan fingerprint density at radius 2 is 1.50 bits per heavy atom. The zero-order valence-electron chi connectivity index (χ0n) is 18.3. The number of methoxy groups -OCH3 is 3. The van der Waals surface area contributed by atoms with E-state index in [0.717, 1.165) is 10.8 Å². The molecule has 0 aliphatic carbocycles. The number of hydrazine groups is 1. The van der Waals surface area contributed by atoms with Crippen molar-refractivity contribution in [1.82, 2.24) is 10.0 Å². The van der Waals surface area contributed by atoms with Gasteiger partial charge in [0.1, 0.15) is 0 Å². The molecule has 8 nitrogen and oxygen atoms in total. The lowest BCUT2D eigenvalue weighted by molar-refractivity contribution is 0.0404. The molecule has 32 heavy (non-hydrogen) atoms. The molecule has 1 aliphatic rings. The number of fused-ring (bicyclic) bond motifs is 1. The molecular formula is C24H25N3O5. The molecule has 1 fully saturated rings. The Kier molecular flexibility index (Phi) is 6.02. The Balaban J connectivity index is 1.59. The van der Waals surface area contributed by atoms with Crippen LogP contribution in [0.5, 0.6) is 17.2 Å². The Morgan fingerprint density at radius 3 is 2.19 bits per heavy atom. The Hall–Kier alpha value is -3.94. The van der Waals surface area contributed by atoms with Gasteiger partial charge in [-0.2, -0.15) is 0 Å². The van der Waals surface area contributed by atoms with Crippen molar-refractivity contribution in [3.05, 3.63) is 60.2 Å². The molecule has 0 unspecified atom stereocenters. The SMILES string of the molecule is COc1cc(C(=O)N2CCCN2C(=O)Nc2cccc3ccccc23)cc(OC)c1OC. The average molecular weight is 435 g/mol. The fourth-order valence-electron chi connectivity index (χ4n) is 3.90. The number of benzene rings is 3. The first kappa shape index (κ1) is 21.3. The van der Waals surface area contributed by atoms with Crippen LogP contribution in [0.2, 0.25) is 0 Å². The second-order valence-electron chi connectivity index (χ2n) is 7.28. The van der Waals surface area contributed by atoms with Crippen molar-refractivity contribution in [3.8, 4) is 17.2 Å². The fraction of sp³-hybridized carbons (Fsp3) is 0.250. The van der Waals surface area contributed by atoms with E-state index in [0.29, 0.717) is 48.0 Å². The summed E-state index contributed by atoms with van der Waals surface area (Å²) in [4.78, 5) is 26.4. The summed E-state index contributed by atoms with van der Waals surface area (Å²) >= 11 is 0. The summed E-state index contributed by atoms with van der Waals surface area (Å²) in [5.74, 6) is 0.829. The Bertz CT molecular complexity index is 1130. The van der Waals surface area contributed by atoms with E-state index in [2.05, 4.69) is 5.32 Å². The van der Waals surface area contributed by atoms with Crippen LogP contribution in [0.4, 0.5) is 10.5 Å². The second-order valence-corrected chi connectivity index (χ2v) is 7.28. The van der Waals surface area contributed by atoms with Crippen molar-refractivity contribution in [2.75, 3.05) is 39.7 Å². The van der Waals surface area contributed by atoms with Crippen LogP contribution >= 0.6 is 0 Å². The Morgan fingerprint density at radius 1 is 0.844 bits per heavy atom. The highest BCUT2D eigenvalue weighted by Gasteiger charge is 2.32. The molecule has 166 valence electrons. The summed E-state index contributed by atoms with van der Waals surface area (Å²) in [7, 11) is 4.48. The van der Waals surface area contributed by atoms with E-state index in [9.17, 15) is 9.59 Å². The number of rotatable bonds is 5. The molecule has 1 heterocycles. The number of amides is 3. The third-order valence-electron chi connectivity index (χ3n) is 5.44. The van der Waals surface area contributed by atoms with E-state index < -0.39 is 0 Å². The molecule has 0 aromatic heterocycles. The van der Waals surface area contributed by atoms with Crippen molar-refractivity contribution in [3.63, 3.8) is 0 Å². The maximum atomic E-state index is 13.3. The smallest absolute Gasteiger partial charge is 0.340 e. The average Bonchev–Trinajstić information content (AvgIpc) is 3.33. The largest absolute Gasteiger partial charge is 0.493 e. The van der Waals surface area contributed by atoms with Crippen molar-refractivity contribution in [2.45, 2.75) is 6.42 Å². The van der Waals surface area contributed by atoms with Gasteiger partial charge in [0.05, 0.1) is 27.0 Å². The molecular weight excluding hydrogens is 410 g/mol. The molecule has 0 bridgehead atoms. The van der Waals surface area contributed by atoms with Gasteiger partial charge < -0.3 is 19.5 Å². The number of nitrogens with one attached hydrogen (secondary N) is 1. The lowest BCUT2D eigenvalue weighted by Crippen LogP contribution is -2.46. The summed E-state index contributed by atoms with van der Waals surface area (Å²) in [5, 5.41) is 7.79. The first-order valence-corrected chi connectivity index (χ1v) is 10.3. The number of anilines is 1. The highest BCUT2D eigenvalue weighted by molar-refractivity contribution is 6.03. The first-order chi connectivity index (χ1) is 15.6. The molecule has 1 N–H and O–H groups in total. The molecule has 1 saturated heterocycles. The lowest BCUT2D eigenvalue weighted by atomic mass is 10.1. The lowest BCUT2D eigenvalue weighted by Gasteiger charge is -2.28. The molecule has 0 saturated carbocycles. The van der Waals surface area contributed by atoms with Gasteiger partial charge in [-0.1, -0.05) is 36.4 Å². The van der Waals surface area contributed by atoms with Gasteiger partial charge in [-0.15, -0.1) is 0 Å². The van der Waals surface area contributed by atoms with Gasteiger partial charge in [0.25, 0.3) is 5.91 Å². The molecule has 4 rings (SSSR count). The number of carbonyl (C=O) groups is 2. The summed E-state index contributed by atoms with van der Waals surface area (Å²) in [6.07, 6.45) is 0.680. The van der Waals surface area contributed by atoms with Crippen molar-refractivity contribution in [1.29, 1.82) is 0 Å². The van der Waals surface area contributed by atoms with Crippen molar-refractivity contribution >= 4 is 28.4 Å². The fourth-order valence-corrected chi connectivity index (χ4v) is 3.90. The zero-order valence-corrected chi connectivity index (χ0v) is 18.3. The quantitative estimate of drug-likeness (QED) is 0.651. The number of nitrogens with zero attached hydrogens (tertiary/aromatic N) is 2. The predicted octanol–water partition coefficient (Wildman–Crippen LogP) is 4.16. The minimum absolute atomic E-state index is 0.324. The van der Waals surface area contributed by atoms with E-state index in [4.69, 9.17) is 14.2 Å². The van der Waals surface area contributed by atoms with E-state index >= 15 is 0 Å². The van der Waals surface area contributed by atoms with E-state index in [1.165, 1.54) is 31.3 Å². The van der Waals surface area contributed by atoms with E-state index in [-0.39, 0.29) is 11.9 Å². The van der Waals surface area contributed by atoms with Crippen LogP contribution in [-0.2, 0) is 0 Å². The number of carbonyl (C=O) groups excluding carboxylic acids is 2. The normalized spacial score (nSPS) is 13.2. The maximum absolute atomic E-state index is 13.3. The molecule has 8 heteroatoms. The zero-order chi connectivity index (χ0) is 22.7. The topological polar surface area (TPSA) is 80.3 Å². The highest BCUT2D eigenvalue weighted by Crippen LogP contribution is 2.38. The third-order valence-corrected chi connectivity index (χ3v) is 5.44. The summed E-state index contributed by atoms with van der Waals surface area (Å²) < 4.78 is 16.0. The standard InChI is InChI=1S/C24H25N3O5/c1-30-20-14-17(15-21(31-2)22(20)32-3)23(28)26-12-7-13-27(26)24(29)25-19-11-6-9-16-8-4-5-10-18(16)19/h4-6,8-11,14-15H,7,12-13H2,1-3H3,(H,25,29). The summed E-state index contributed by atoms with van der Waals surface area (Å²) in [6.45, 7) is 0.866.